The summed E-state index contributed by atoms with van der Waals surface area (Å²) in [6.07, 6.45) is 6.77. The van der Waals surface area contributed by atoms with E-state index in [4.69, 9.17) is 9.26 Å². The molecule has 1 aromatic heterocycles. The third-order valence-electron chi connectivity index (χ3n) is 7.18. The summed E-state index contributed by atoms with van der Waals surface area (Å²) in [5.41, 5.74) is 1.99. The average Bonchev–Trinajstić information content (AvgIpc) is 3.51. The summed E-state index contributed by atoms with van der Waals surface area (Å²) in [6, 6.07) is 8.28. The van der Waals surface area contributed by atoms with Crippen molar-refractivity contribution in [1.82, 2.24) is 19.9 Å². The van der Waals surface area contributed by atoms with Crippen molar-refractivity contribution in [2.45, 2.75) is 32.9 Å². The van der Waals surface area contributed by atoms with Crippen molar-refractivity contribution in [2.75, 3.05) is 33.3 Å². The van der Waals surface area contributed by atoms with E-state index in [0.29, 0.717) is 36.1 Å². The topological polar surface area (TPSA) is 71.7 Å². The molecule has 164 valence electrons. The van der Waals surface area contributed by atoms with Crippen LogP contribution in [0.25, 0.3) is 11.4 Å². The van der Waals surface area contributed by atoms with Crippen LogP contribution in [-0.4, -0.2) is 59.1 Å². The van der Waals surface area contributed by atoms with Gasteiger partial charge in [-0.2, -0.15) is 4.98 Å². The largest absolute Gasteiger partial charge is 0.375 e. The van der Waals surface area contributed by atoms with Crippen LogP contribution < -0.4 is 0 Å². The molecular formula is C24H30N4O3. The number of aromatic nitrogens is 2. The maximum absolute atomic E-state index is 13.2. The lowest BCUT2D eigenvalue weighted by Gasteiger charge is -2.40. The minimum Gasteiger partial charge on any atom is -0.375 e. The Kier molecular flexibility index (Phi) is 5.40. The highest BCUT2D eigenvalue weighted by atomic mass is 16.5. The Morgan fingerprint density at radius 1 is 1.19 bits per heavy atom. The van der Waals surface area contributed by atoms with Crippen molar-refractivity contribution in [3.8, 4) is 11.4 Å². The van der Waals surface area contributed by atoms with Gasteiger partial charge in [0.1, 0.15) is 6.61 Å². The first kappa shape index (κ1) is 20.4. The van der Waals surface area contributed by atoms with Crippen molar-refractivity contribution in [1.29, 1.82) is 0 Å². The Morgan fingerprint density at radius 3 is 2.61 bits per heavy atom. The second-order valence-electron chi connectivity index (χ2n) is 9.32. The van der Waals surface area contributed by atoms with Gasteiger partial charge in [-0.25, -0.2) is 0 Å². The van der Waals surface area contributed by atoms with Gasteiger partial charge >= 0.3 is 0 Å². The van der Waals surface area contributed by atoms with E-state index in [2.05, 4.69) is 51.1 Å². The summed E-state index contributed by atoms with van der Waals surface area (Å²) in [6.45, 7) is 6.85. The van der Waals surface area contributed by atoms with E-state index >= 15 is 0 Å². The van der Waals surface area contributed by atoms with Gasteiger partial charge in [-0.1, -0.05) is 48.5 Å². The number of amides is 1. The summed E-state index contributed by atoms with van der Waals surface area (Å²) < 4.78 is 10.2. The normalized spacial score (nSPS) is 27.9. The fraction of sp³-hybridized carbons (Fsp3) is 0.542. The van der Waals surface area contributed by atoms with Crippen LogP contribution in [0.5, 0.6) is 0 Å². The van der Waals surface area contributed by atoms with Crippen LogP contribution in [-0.2, 0) is 22.7 Å². The molecule has 3 atom stereocenters. The van der Waals surface area contributed by atoms with Crippen LogP contribution in [0.1, 0.15) is 31.2 Å². The molecular weight excluding hydrogens is 392 g/mol. The Morgan fingerprint density at radius 2 is 1.97 bits per heavy atom. The molecule has 2 aliphatic carbocycles. The molecule has 0 N–H and O–H groups in total. The van der Waals surface area contributed by atoms with Gasteiger partial charge in [0.15, 0.2) is 0 Å². The molecule has 2 bridgehead atoms. The quantitative estimate of drug-likeness (QED) is 0.666. The Labute approximate surface area is 183 Å². The molecule has 1 amide bonds. The standard InChI is InChI=1S/C24H30N4O3/c1-24(14-18-5-8-20(24)13-18)23(29)28-11-9-27(10-12-28)15-17-3-6-19(7-4-17)22-25-21(16-30-2)31-26-22/h3-8,18,20H,9-16H2,1-2H3/t18-,20+,24-/m0/s1. The Balaban J connectivity index is 1.14. The van der Waals surface area contributed by atoms with Crippen LogP contribution in [0.3, 0.4) is 0 Å². The number of hydrogen-bond donors (Lipinski definition) is 0. The molecule has 2 fully saturated rings. The first-order valence-corrected chi connectivity index (χ1v) is 11.2. The summed E-state index contributed by atoms with van der Waals surface area (Å²) in [5, 5.41) is 4.01. The van der Waals surface area contributed by atoms with E-state index in [0.717, 1.165) is 51.1 Å². The van der Waals surface area contributed by atoms with Gasteiger partial charge in [0.2, 0.25) is 11.7 Å². The molecule has 1 saturated carbocycles. The number of methoxy groups -OCH3 is 1. The molecule has 0 radical (unpaired) electrons. The van der Waals surface area contributed by atoms with Crippen LogP contribution >= 0.6 is 0 Å². The smallest absolute Gasteiger partial charge is 0.252 e. The SMILES string of the molecule is COCc1nc(-c2ccc(CN3CCN(C(=O)[C@@]4(C)C[C@H]5C=C[C@@H]4C5)CC3)cc2)no1. The monoisotopic (exact) mass is 422 g/mol. The highest BCUT2D eigenvalue weighted by Crippen LogP contribution is 2.52. The van der Waals surface area contributed by atoms with Crippen molar-refractivity contribution < 1.29 is 14.1 Å². The number of ether oxygens (including phenoxy) is 1. The van der Waals surface area contributed by atoms with E-state index in [1.165, 1.54) is 5.56 Å². The number of piperazine rings is 1. The van der Waals surface area contributed by atoms with Gasteiger partial charge in [0.05, 0.1) is 5.41 Å². The lowest BCUT2D eigenvalue weighted by atomic mass is 9.76. The summed E-state index contributed by atoms with van der Waals surface area (Å²) in [4.78, 5) is 22.1. The van der Waals surface area contributed by atoms with Crippen molar-refractivity contribution in [3.05, 3.63) is 47.9 Å². The maximum Gasteiger partial charge on any atom is 0.252 e. The second-order valence-corrected chi connectivity index (χ2v) is 9.32. The molecule has 31 heavy (non-hydrogen) atoms. The molecule has 0 unspecified atom stereocenters. The Bertz CT molecular complexity index is 961. The van der Waals surface area contributed by atoms with E-state index in [1.54, 1.807) is 7.11 Å². The van der Waals surface area contributed by atoms with Gasteiger partial charge in [0.25, 0.3) is 5.89 Å². The minimum atomic E-state index is -0.185. The molecule has 2 aromatic rings. The van der Waals surface area contributed by atoms with Crippen molar-refractivity contribution >= 4 is 5.91 Å². The number of fused-ring (bicyclic) bond motifs is 2. The molecule has 7 heteroatoms. The average molecular weight is 423 g/mol. The highest BCUT2D eigenvalue weighted by Gasteiger charge is 2.51. The van der Waals surface area contributed by atoms with Gasteiger partial charge < -0.3 is 14.2 Å². The maximum atomic E-state index is 13.2. The molecule has 2 heterocycles. The first-order valence-electron chi connectivity index (χ1n) is 11.2. The number of nitrogens with zero attached hydrogens (tertiary/aromatic N) is 4. The first-order chi connectivity index (χ1) is 15.0. The molecule has 3 aliphatic rings. The van der Waals surface area contributed by atoms with Crippen LogP contribution in [0, 0.1) is 17.3 Å². The summed E-state index contributed by atoms with van der Waals surface area (Å²) >= 11 is 0. The van der Waals surface area contributed by atoms with Crippen molar-refractivity contribution in [2.24, 2.45) is 17.3 Å². The fourth-order valence-corrected chi connectivity index (χ4v) is 5.38. The van der Waals surface area contributed by atoms with Crippen LogP contribution in [0.2, 0.25) is 0 Å². The number of carbonyl (C=O) groups excluding carboxylic acids is 1. The van der Waals surface area contributed by atoms with Gasteiger partial charge in [-0.3, -0.25) is 9.69 Å². The number of rotatable bonds is 6. The van der Waals surface area contributed by atoms with E-state index in [1.807, 2.05) is 12.1 Å². The Hall–Kier alpha value is -2.51. The van der Waals surface area contributed by atoms with E-state index < -0.39 is 0 Å². The van der Waals surface area contributed by atoms with Gasteiger partial charge in [-0.05, 0) is 30.2 Å². The van der Waals surface area contributed by atoms with Gasteiger partial charge in [-0.15, -0.1) is 0 Å². The molecule has 0 spiro atoms. The lowest BCUT2D eigenvalue weighted by molar-refractivity contribution is -0.144. The zero-order chi connectivity index (χ0) is 21.4. The van der Waals surface area contributed by atoms with E-state index in [-0.39, 0.29) is 5.41 Å². The number of hydrogen-bond acceptors (Lipinski definition) is 6. The molecule has 7 nitrogen and oxygen atoms in total. The van der Waals surface area contributed by atoms with Crippen LogP contribution in [0.15, 0.2) is 40.9 Å². The zero-order valence-electron chi connectivity index (χ0n) is 18.3. The number of benzene rings is 1. The highest BCUT2D eigenvalue weighted by molar-refractivity contribution is 5.84. The predicted molar refractivity (Wildman–Crippen MR) is 116 cm³/mol. The molecule has 1 aliphatic heterocycles. The lowest BCUT2D eigenvalue weighted by Crippen LogP contribution is -2.53. The van der Waals surface area contributed by atoms with Crippen molar-refractivity contribution in [3.63, 3.8) is 0 Å². The molecule has 5 rings (SSSR count). The third-order valence-corrected chi connectivity index (χ3v) is 7.18. The number of carbonyl (C=O) groups is 1. The molecule has 1 aromatic carbocycles. The summed E-state index contributed by atoms with van der Waals surface area (Å²) in [5.74, 6) is 2.47. The van der Waals surface area contributed by atoms with Crippen LogP contribution in [0.4, 0.5) is 0 Å². The zero-order valence-corrected chi connectivity index (χ0v) is 18.3. The van der Waals surface area contributed by atoms with E-state index in [9.17, 15) is 4.79 Å². The minimum absolute atomic E-state index is 0.185. The molecule has 1 saturated heterocycles. The number of allylic oxidation sites excluding steroid dienone is 2. The fourth-order valence-electron chi connectivity index (χ4n) is 5.38. The second kappa shape index (κ2) is 8.20. The predicted octanol–water partition coefficient (Wildman–Crippen LogP) is 3.13. The summed E-state index contributed by atoms with van der Waals surface area (Å²) in [7, 11) is 1.60. The third kappa shape index (κ3) is 3.92. The van der Waals surface area contributed by atoms with Gasteiger partial charge in [0, 0.05) is 45.4 Å².